The molecule has 2 nitrogen and oxygen atoms in total. The molecule has 0 radical (unpaired) electrons. The van der Waals surface area contributed by atoms with Gasteiger partial charge >= 0.3 is 0 Å². The summed E-state index contributed by atoms with van der Waals surface area (Å²) in [5.41, 5.74) is 3.99. The maximum absolute atomic E-state index is 12.4. The molecule has 1 aliphatic heterocycles. The molecular weight excluding hydrogens is 258 g/mol. The number of rotatable bonds is 4. The van der Waals surface area contributed by atoms with Crippen molar-refractivity contribution < 1.29 is 4.79 Å². The SMILES string of the molecule is Cc1ccc(C(=O)c2ccc(CN3CCCC3)cc2)cc1. The number of carbonyl (C=O) groups is 1. The summed E-state index contributed by atoms with van der Waals surface area (Å²) in [6.45, 7) is 5.43. The summed E-state index contributed by atoms with van der Waals surface area (Å²) in [4.78, 5) is 14.9. The summed E-state index contributed by atoms with van der Waals surface area (Å²) < 4.78 is 0. The van der Waals surface area contributed by atoms with Crippen LogP contribution >= 0.6 is 0 Å². The zero-order valence-corrected chi connectivity index (χ0v) is 12.5. The van der Waals surface area contributed by atoms with E-state index in [1.54, 1.807) is 0 Å². The molecule has 1 saturated heterocycles. The molecule has 0 aliphatic carbocycles. The van der Waals surface area contributed by atoms with Crippen LogP contribution in [0, 0.1) is 6.92 Å². The number of ketones is 1. The van der Waals surface area contributed by atoms with Crippen molar-refractivity contribution in [3.05, 3.63) is 70.8 Å². The lowest BCUT2D eigenvalue weighted by Crippen LogP contribution is -2.18. The fourth-order valence-electron chi connectivity index (χ4n) is 2.83. The van der Waals surface area contributed by atoms with Crippen molar-refractivity contribution in [1.29, 1.82) is 0 Å². The normalized spacial score (nSPS) is 15.3. The van der Waals surface area contributed by atoms with Gasteiger partial charge in [0.2, 0.25) is 0 Å². The van der Waals surface area contributed by atoms with Gasteiger partial charge in [-0.15, -0.1) is 0 Å². The van der Waals surface area contributed by atoms with Crippen LogP contribution in [-0.4, -0.2) is 23.8 Å². The molecule has 2 aromatic carbocycles. The average molecular weight is 279 g/mol. The molecule has 108 valence electrons. The van der Waals surface area contributed by atoms with Crippen LogP contribution in [0.2, 0.25) is 0 Å². The molecule has 3 rings (SSSR count). The first-order chi connectivity index (χ1) is 10.2. The Morgan fingerprint density at radius 2 is 1.43 bits per heavy atom. The molecule has 0 aromatic heterocycles. The van der Waals surface area contributed by atoms with E-state index in [1.807, 2.05) is 43.3 Å². The van der Waals surface area contributed by atoms with E-state index in [2.05, 4.69) is 17.0 Å². The van der Waals surface area contributed by atoms with E-state index >= 15 is 0 Å². The number of hydrogen-bond donors (Lipinski definition) is 0. The number of aryl methyl sites for hydroxylation is 1. The molecular formula is C19H21NO. The molecule has 1 heterocycles. The van der Waals surface area contributed by atoms with Gasteiger partial charge in [0.05, 0.1) is 0 Å². The van der Waals surface area contributed by atoms with Gasteiger partial charge < -0.3 is 0 Å². The van der Waals surface area contributed by atoms with Crippen molar-refractivity contribution in [1.82, 2.24) is 4.90 Å². The van der Waals surface area contributed by atoms with Gasteiger partial charge in [-0.25, -0.2) is 0 Å². The average Bonchev–Trinajstić information content (AvgIpc) is 3.01. The molecule has 2 heteroatoms. The highest BCUT2D eigenvalue weighted by molar-refractivity contribution is 6.08. The van der Waals surface area contributed by atoms with Gasteiger partial charge in [-0.2, -0.15) is 0 Å². The number of nitrogens with zero attached hydrogens (tertiary/aromatic N) is 1. The third-order valence-corrected chi connectivity index (χ3v) is 4.13. The maximum Gasteiger partial charge on any atom is 0.193 e. The predicted octanol–water partition coefficient (Wildman–Crippen LogP) is 3.82. The Balaban J connectivity index is 1.71. The van der Waals surface area contributed by atoms with E-state index < -0.39 is 0 Å². The molecule has 0 amide bonds. The van der Waals surface area contributed by atoms with E-state index in [0.717, 1.165) is 17.7 Å². The molecule has 0 atom stereocenters. The fourth-order valence-corrected chi connectivity index (χ4v) is 2.83. The van der Waals surface area contributed by atoms with Gasteiger partial charge in [0, 0.05) is 17.7 Å². The molecule has 21 heavy (non-hydrogen) atoms. The summed E-state index contributed by atoms with van der Waals surface area (Å²) in [6.07, 6.45) is 2.62. The van der Waals surface area contributed by atoms with E-state index in [9.17, 15) is 4.79 Å². The number of hydrogen-bond acceptors (Lipinski definition) is 2. The summed E-state index contributed by atoms with van der Waals surface area (Å²) in [5.74, 6) is 0.0997. The second-order valence-corrected chi connectivity index (χ2v) is 5.88. The minimum atomic E-state index is 0.0997. The van der Waals surface area contributed by atoms with Crippen LogP contribution in [-0.2, 0) is 6.54 Å². The van der Waals surface area contributed by atoms with Crippen molar-refractivity contribution in [2.75, 3.05) is 13.1 Å². The molecule has 0 N–H and O–H groups in total. The second kappa shape index (κ2) is 6.23. The van der Waals surface area contributed by atoms with E-state index in [-0.39, 0.29) is 5.78 Å². The van der Waals surface area contributed by atoms with E-state index in [1.165, 1.54) is 37.1 Å². The maximum atomic E-state index is 12.4. The van der Waals surface area contributed by atoms with Crippen LogP contribution in [0.1, 0.15) is 39.9 Å². The van der Waals surface area contributed by atoms with Gasteiger partial charge in [-0.1, -0.05) is 54.1 Å². The molecule has 0 unspecified atom stereocenters. The first-order valence-electron chi connectivity index (χ1n) is 7.65. The molecule has 1 aliphatic rings. The number of carbonyl (C=O) groups excluding carboxylic acids is 1. The molecule has 2 aromatic rings. The first-order valence-corrected chi connectivity index (χ1v) is 7.65. The van der Waals surface area contributed by atoms with Crippen molar-refractivity contribution in [3.63, 3.8) is 0 Å². The van der Waals surface area contributed by atoms with Gasteiger partial charge in [0.1, 0.15) is 0 Å². The Morgan fingerprint density at radius 3 is 2.00 bits per heavy atom. The van der Waals surface area contributed by atoms with Crippen molar-refractivity contribution in [3.8, 4) is 0 Å². The Bertz CT molecular complexity index is 607. The minimum absolute atomic E-state index is 0.0997. The highest BCUT2D eigenvalue weighted by atomic mass is 16.1. The zero-order valence-electron chi connectivity index (χ0n) is 12.5. The smallest absolute Gasteiger partial charge is 0.193 e. The fraction of sp³-hybridized carbons (Fsp3) is 0.316. The Morgan fingerprint density at radius 1 is 0.905 bits per heavy atom. The highest BCUT2D eigenvalue weighted by Gasteiger charge is 2.12. The van der Waals surface area contributed by atoms with Crippen LogP contribution in [0.5, 0.6) is 0 Å². The van der Waals surface area contributed by atoms with Crippen molar-refractivity contribution in [2.24, 2.45) is 0 Å². The lowest BCUT2D eigenvalue weighted by molar-refractivity contribution is 0.103. The molecule has 0 saturated carbocycles. The van der Waals surface area contributed by atoms with E-state index in [0.29, 0.717) is 0 Å². The second-order valence-electron chi connectivity index (χ2n) is 5.88. The van der Waals surface area contributed by atoms with Crippen LogP contribution in [0.15, 0.2) is 48.5 Å². The monoisotopic (exact) mass is 279 g/mol. The standard InChI is InChI=1S/C19H21NO/c1-15-4-8-17(9-5-15)19(21)18-10-6-16(7-11-18)14-20-12-2-3-13-20/h4-11H,2-3,12-14H2,1H3. The van der Waals surface area contributed by atoms with Crippen LogP contribution in [0.4, 0.5) is 0 Å². The van der Waals surface area contributed by atoms with Gasteiger partial charge in [-0.05, 0) is 38.4 Å². The van der Waals surface area contributed by atoms with Crippen LogP contribution in [0.3, 0.4) is 0 Å². The van der Waals surface area contributed by atoms with Gasteiger partial charge in [-0.3, -0.25) is 9.69 Å². The van der Waals surface area contributed by atoms with Gasteiger partial charge in [0.25, 0.3) is 0 Å². The Labute approximate surface area is 126 Å². The molecule has 0 spiro atoms. The van der Waals surface area contributed by atoms with Crippen molar-refractivity contribution in [2.45, 2.75) is 26.3 Å². The Kier molecular flexibility index (Phi) is 4.16. The lowest BCUT2D eigenvalue weighted by Gasteiger charge is -2.14. The molecule has 1 fully saturated rings. The molecule has 0 bridgehead atoms. The van der Waals surface area contributed by atoms with Crippen LogP contribution < -0.4 is 0 Å². The quantitative estimate of drug-likeness (QED) is 0.793. The third kappa shape index (κ3) is 3.40. The zero-order chi connectivity index (χ0) is 14.7. The largest absolute Gasteiger partial charge is 0.299 e. The van der Waals surface area contributed by atoms with Gasteiger partial charge in [0.15, 0.2) is 5.78 Å². The minimum Gasteiger partial charge on any atom is -0.299 e. The third-order valence-electron chi connectivity index (χ3n) is 4.13. The number of benzene rings is 2. The van der Waals surface area contributed by atoms with E-state index in [4.69, 9.17) is 0 Å². The lowest BCUT2D eigenvalue weighted by atomic mass is 10.0. The Hall–Kier alpha value is -1.93. The van der Waals surface area contributed by atoms with Crippen LogP contribution in [0.25, 0.3) is 0 Å². The number of likely N-dealkylation sites (tertiary alicyclic amines) is 1. The summed E-state index contributed by atoms with van der Waals surface area (Å²) in [6, 6.07) is 15.8. The predicted molar refractivity (Wildman–Crippen MR) is 85.6 cm³/mol. The first kappa shape index (κ1) is 14.0. The summed E-state index contributed by atoms with van der Waals surface area (Å²) >= 11 is 0. The summed E-state index contributed by atoms with van der Waals surface area (Å²) in [7, 11) is 0. The van der Waals surface area contributed by atoms with Crippen molar-refractivity contribution >= 4 is 5.78 Å². The topological polar surface area (TPSA) is 20.3 Å². The summed E-state index contributed by atoms with van der Waals surface area (Å²) in [5, 5.41) is 0. The highest BCUT2D eigenvalue weighted by Crippen LogP contribution is 2.15.